The molecule has 0 aromatic heterocycles. The summed E-state index contributed by atoms with van der Waals surface area (Å²) < 4.78 is 14.9. The molecule has 0 spiro atoms. The van der Waals surface area contributed by atoms with Crippen LogP contribution in [0.15, 0.2) is 24.3 Å². The summed E-state index contributed by atoms with van der Waals surface area (Å²) in [5.74, 6) is -0.949. The molecule has 1 atom stereocenters. The van der Waals surface area contributed by atoms with Crippen LogP contribution in [0.4, 0.5) is 0 Å². The van der Waals surface area contributed by atoms with E-state index in [9.17, 15) is 14.7 Å². The van der Waals surface area contributed by atoms with Crippen molar-refractivity contribution in [3.8, 4) is 5.75 Å². The minimum absolute atomic E-state index is 0.163. The molecule has 1 aromatic rings. The first-order valence-corrected chi connectivity index (χ1v) is 6.78. The molecule has 0 aliphatic carbocycles. The summed E-state index contributed by atoms with van der Waals surface area (Å²) in [6, 6.07) is 6.02. The number of nitrogens with one attached hydrogen (secondary N) is 1. The molecule has 0 saturated carbocycles. The molecule has 0 radical (unpaired) electrons. The third kappa shape index (κ3) is 6.55. The maximum Gasteiger partial charge on any atom is 0.326 e. The van der Waals surface area contributed by atoms with Gasteiger partial charge >= 0.3 is 5.97 Å². The lowest BCUT2D eigenvalue weighted by molar-refractivity contribution is -0.142. The van der Waals surface area contributed by atoms with Crippen LogP contribution in [-0.2, 0) is 25.5 Å². The maximum absolute atomic E-state index is 11.7. The van der Waals surface area contributed by atoms with Gasteiger partial charge in [0.2, 0.25) is 5.91 Å². The standard InChI is InChI=1S/C15H21NO6/c1-20-6-7-22-10-14(17)16-13(15(18)19)9-11-4-3-5-12(8-11)21-2/h3-5,8,13H,6-7,9-10H2,1-2H3,(H,16,17)(H,18,19)/t13-/m0/s1. The molecular formula is C15H21NO6. The molecule has 0 saturated heterocycles. The number of hydrogen-bond donors (Lipinski definition) is 2. The third-order valence-electron chi connectivity index (χ3n) is 2.87. The SMILES string of the molecule is COCCOCC(=O)N[C@@H](Cc1cccc(OC)c1)C(=O)O. The van der Waals surface area contributed by atoms with E-state index in [2.05, 4.69) is 5.32 Å². The Morgan fingerprint density at radius 3 is 2.68 bits per heavy atom. The van der Waals surface area contributed by atoms with Crippen LogP contribution in [0.25, 0.3) is 0 Å². The van der Waals surface area contributed by atoms with Crippen LogP contribution in [0.1, 0.15) is 5.56 Å². The second-order valence-corrected chi connectivity index (χ2v) is 4.56. The van der Waals surface area contributed by atoms with E-state index in [0.29, 0.717) is 12.4 Å². The van der Waals surface area contributed by atoms with Gasteiger partial charge in [-0.2, -0.15) is 0 Å². The summed E-state index contributed by atoms with van der Waals surface area (Å²) in [7, 11) is 3.06. The van der Waals surface area contributed by atoms with E-state index in [1.807, 2.05) is 0 Å². The fraction of sp³-hybridized carbons (Fsp3) is 0.467. The van der Waals surface area contributed by atoms with Gasteiger partial charge in [0.05, 0.1) is 20.3 Å². The molecule has 1 amide bonds. The van der Waals surface area contributed by atoms with Crippen LogP contribution in [0.3, 0.4) is 0 Å². The zero-order valence-electron chi connectivity index (χ0n) is 12.7. The smallest absolute Gasteiger partial charge is 0.326 e. The molecule has 0 heterocycles. The van der Waals surface area contributed by atoms with E-state index < -0.39 is 17.9 Å². The van der Waals surface area contributed by atoms with E-state index in [-0.39, 0.29) is 19.6 Å². The minimum atomic E-state index is -1.10. The molecule has 0 bridgehead atoms. The zero-order chi connectivity index (χ0) is 16.4. The van der Waals surface area contributed by atoms with Crippen molar-refractivity contribution in [1.29, 1.82) is 0 Å². The first-order valence-electron chi connectivity index (χ1n) is 6.78. The number of methoxy groups -OCH3 is 2. The van der Waals surface area contributed by atoms with Crippen molar-refractivity contribution in [2.45, 2.75) is 12.5 Å². The van der Waals surface area contributed by atoms with Crippen LogP contribution in [0.2, 0.25) is 0 Å². The minimum Gasteiger partial charge on any atom is -0.497 e. The average Bonchev–Trinajstić information content (AvgIpc) is 2.51. The number of carboxylic acids is 1. The fourth-order valence-corrected chi connectivity index (χ4v) is 1.78. The molecule has 0 unspecified atom stereocenters. The van der Waals surface area contributed by atoms with Gasteiger partial charge in [-0.15, -0.1) is 0 Å². The van der Waals surface area contributed by atoms with Crippen molar-refractivity contribution in [2.24, 2.45) is 0 Å². The topological polar surface area (TPSA) is 94.1 Å². The highest BCUT2D eigenvalue weighted by molar-refractivity contribution is 5.84. The molecule has 7 heteroatoms. The molecule has 0 aliphatic heterocycles. The quantitative estimate of drug-likeness (QED) is 0.610. The fourth-order valence-electron chi connectivity index (χ4n) is 1.78. The Balaban J connectivity index is 2.54. The van der Waals surface area contributed by atoms with Gasteiger partial charge in [-0.25, -0.2) is 4.79 Å². The molecule has 0 aliphatic rings. The van der Waals surface area contributed by atoms with Gasteiger partial charge in [0.15, 0.2) is 0 Å². The second-order valence-electron chi connectivity index (χ2n) is 4.56. The molecule has 2 N–H and O–H groups in total. The van der Waals surface area contributed by atoms with Crippen molar-refractivity contribution in [1.82, 2.24) is 5.32 Å². The predicted molar refractivity (Wildman–Crippen MR) is 79.0 cm³/mol. The molecule has 1 rings (SSSR count). The van der Waals surface area contributed by atoms with Crippen molar-refractivity contribution >= 4 is 11.9 Å². The Bertz CT molecular complexity index is 491. The van der Waals surface area contributed by atoms with Crippen LogP contribution >= 0.6 is 0 Å². The van der Waals surface area contributed by atoms with Crippen molar-refractivity contribution in [2.75, 3.05) is 34.0 Å². The number of carboxylic acid groups (broad SMARTS) is 1. The van der Waals surface area contributed by atoms with E-state index in [4.69, 9.17) is 14.2 Å². The van der Waals surface area contributed by atoms with Gasteiger partial charge in [0, 0.05) is 13.5 Å². The van der Waals surface area contributed by atoms with Crippen molar-refractivity contribution in [3.63, 3.8) is 0 Å². The summed E-state index contributed by atoms with van der Waals surface area (Å²) >= 11 is 0. The first kappa shape index (κ1) is 17.9. The summed E-state index contributed by atoms with van der Waals surface area (Å²) in [4.78, 5) is 22.9. The Kier molecular flexibility index (Phi) is 7.95. The maximum atomic E-state index is 11.7. The number of amides is 1. The van der Waals surface area contributed by atoms with Gasteiger partial charge in [-0.1, -0.05) is 12.1 Å². The average molecular weight is 311 g/mol. The number of ether oxygens (including phenoxy) is 3. The molecule has 1 aromatic carbocycles. The lowest BCUT2D eigenvalue weighted by Gasteiger charge is -2.15. The Morgan fingerprint density at radius 2 is 2.05 bits per heavy atom. The summed E-state index contributed by atoms with van der Waals surface area (Å²) in [5.41, 5.74) is 0.757. The highest BCUT2D eigenvalue weighted by Gasteiger charge is 2.20. The monoisotopic (exact) mass is 311 g/mol. The lowest BCUT2D eigenvalue weighted by Crippen LogP contribution is -2.44. The first-order chi connectivity index (χ1) is 10.6. The van der Waals surface area contributed by atoms with Crippen LogP contribution in [-0.4, -0.2) is 57.1 Å². The largest absolute Gasteiger partial charge is 0.497 e. The van der Waals surface area contributed by atoms with Crippen LogP contribution in [0, 0.1) is 0 Å². The number of carbonyl (C=O) groups excluding carboxylic acids is 1. The summed E-state index contributed by atoms with van der Waals surface area (Å²) in [6.07, 6.45) is 0.163. The van der Waals surface area contributed by atoms with Crippen molar-refractivity contribution < 1.29 is 28.9 Å². The van der Waals surface area contributed by atoms with Gasteiger partial charge in [-0.3, -0.25) is 4.79 Å². The number of hydrogen-bond acceptors (Lipinski definition) is 5. The number of benzene rings is 1. The van der Waals surface area contributed by atoms with Gasteiger partial charge in [0.1, 0.15) is 18.4 Å². The Hall–Kier alpha value is -2.12. The number of rotatable bonds is 10. The number of carbonyl (C=O) groups is 2. The van der Waals surface area contributed by atoms with E-state index in [1.54, 1.807) is 24.3 Å². The zero-order valence-corrected chi connectivity index (χ0v) is 12.7. The number of aliphatic carboxylic acids is 1. The normalized spacial score (nSPS) is 11.7. The van der Waals surface area contributed by atoms with Gasteiger partial charge in [-0.05, 0) is 17.7 Å². The molecular weight excluding hydrogens is 290 g/mol. The Morgan fingerprint density at radius 1 is 1.27 bits per heavy atom. The highest BCUT2D eigenvalue weighted by atomic mass is 16.5. The van der Waals surface area contributed by atoms with Crippen LogP contribution < -0.4 is 10.1 Å². The van der Waals surface area contributed by atoms with Crippen molar-refractivity contribution in [3.05, 3.63) is 29.8 Å². The third-order valence-corrected chi connectivity index (χ3v) is 2.87. The van der Waals surface area contributed by atoms with Gasteiger partial charge in [0.25, 0.3) is 0 Å². The molecule has 22 heavy (non-hydrogen) atoms. The highest BCUT2D eigenvalue weighted by Crippen LogP contribution is 2.14. The Labute approximate surface area is 129 Å². The van der Waals surface area contributed by atoms with E-state index in [1.165, 1.54) is 14.2 Å². The van der Waals surface area contributed by atoms with E-state index in [0.717, 1.165) is 5.56 Å². The molecule has 122 valence electrons. The predicted octanol–water partition coefficient (Wildman–Crippen LogP) is 0.470. The molecule has 0 fully saturated rings. The van der Waals surface area contributed by atoms with E-state index >= 15 is 0 Å². The summed E-state index contributed by atoms with van der Waals surface area (Å²) in [6.45, 7) is 0.447. The van der Waals surface area contributed by atoms with Crippen LogP contribution in [0.5, 0.6) is 5.75 Å². The lowest BCUT2D eigenvalue weighted by atomic mass is 10.1. The molecule has 7 nitrogen and oxygen atoms in total. The summed E-state index contributed by atoms with van der Waals surface area (Å²) in [5, 5.41) is 11.6. The second kappa shape index (κ2) is 9.75. The van der Waals surface area contributed by atoms with Gasteiger partial charge < -0.3 is 24.6 Å².